The lowest BCUT2D eigenvalue weighted by Crippen LogP contribution is -2.48. The van der Waals surface area contributed by atoms with Crippen LogP contribution in [0.15, 0.2) is 24.3 Å². The predicted octanol–water partition coefficient (Wildman–Crippen LogP) is -0.0156. The van der Waals surface area contributed by atoms with Crippen molar-refractivity contribution in [2.75, 3.05) is 13.2 Å². The van der Waals surface area contributed by atoms with Gasteiger partial charge in [-0.15, -0.1) is 4.47 Å². The number of hydrogen-bond donors (Lipinski definition) is 2. The summed E-state index contributed by atoms with van der Waals surface area (Å²) in [7, 11) is 0. The topological polar surface area (TPSA) is 139 Å². The van der Waals surface area contributed by atoms with Gasteiger partial charge in [-0.25, -0.2) is 5.48 Å². The van der Waals surface area contributed by atoms with Gasteiger partial charge in [0, 0.05) is 17.8 Å². The first-order valence-corrected chi connectivity index (χ1v) is 8.86. The van der Waals surface area contributed by atoms with Gasteiger partial charge >= 0.3 is 0 Å². The summed E-state index contributed by atoms with van der Waals surface area (Å²) >= 11 is -2.92. The van der Waals surface area contributed by atoms with Crippen LogP contribution in [0.2, 0.25) is 0 Å². The van der Waals surface area contributed by atoms with E-state index in [0.717, 1.165) is 4.90 Å². The predicted molar refractivity (Wildman–Crippen MR) is 87.1 cm³/mol. The Hall–Kier alpha value is -2.18. The van der Waals surface area contributed by atoms with Gasteiger partial charge in [0.05, 0.1) is 17.7 Å². The minimum atomic E-state index is -2.92. The van der Waals surface area contributed by atoms with E-state index in [4.69, 9.17) is 10.0 Å². The molecule has 3 amide bonds. The van der Waals surface area contributed by atoms with E-state index in [1.165, 1.54) is 17.6 Å². The van der Waals surface area contributed by atoms with Crippen LogP contribution >= 0.6 is 0 Å². The van der Waals surface area contributed by atoms with E-state index in [0.29, 0.717) is 10.9 Å². The first-order chi connectivity index (χ1) is 12.4. The number of rotatable bonds is 9. The summed E-state index contributed by atoms with van der Waals surface area (Å²) in [5, 5.41) is 8.87. The van der Waals surface area contributed by atoms with E-state index < -0.39 is 35.0 Å². The molecule has 2 rings (SSSR count). The summed E-state index contributed by atoms with van der Waals surface area (Å²) in [6.45, 7) is 1.54. The summed E-state index contributed by atoms with van der Waals surface area (Å²) in [6.07, 6.45) is 0.231. The number of hydrogen-bond acceptors (Lipinski definition) is 7. The number of hydroxylamine groups is 2. The second-order valence-corrected chi connectivity index (χ2v) is 6.22. The minimum absolute atomic E-state index is 0.0240. The first kappa shape index (κ1) is 20.1. The van der Waals surface area contributed by atoms with Gasteiger partial charge in [-0.2, -0.15) is 0 Å². The molecule has 0 saturated heterocycles. The van der Waals surface area contributed by atoms with Crippen LogP contribution < -0.4 is 5.48 Å². The fourth-order valence-electron chi connectivity index (χ4n) is 2.52. The largest absolute Gasteiger partial charge is 0.758 e. The molecule has 0 spiro atoms. The molecule has 10 nitrogen and oxygen atoms in total. The summed E-state index contributed by atoms with van der Waals surface area (Å²) in [5.74, 6) is -2.10. The molecular formula is C15H18N3O7S-. The fraction of sp³-hybridized carbons (Fsp3) is 0.400. The average molecular weight is 384 g/mol. The summed E-state index contributed by atoms with van der Waals surface area (Å²) in [6, 6.07) is 4.81. The van der Waals surface area contributed by atoms with Crippen molar-refractivity contribution in [1.29, 1.82) is 0 Å². The third kappa shape index (κ3) is 4.14. The van der Waals surface area contributed by atoms with Crippen molar-refractivity contribution in [3.63, 3.8) is 0 Å². The second-order valence-electron chi connectivity index (χ2n) is 5.42. The highest BCUT2D eigenvalue weighted by Gasteiger charge is 2.37. The molecule has 2 atom stereocenters. The van der Waals surface area contributed by atoms with Crippen molar-refractivity contribution in [3.8, 4) is 0 Å². The van der Waals surface area contributed by atoms with Crippen LogP contribution in [0.5, 0.6) is 0 Å². The molecule has 0 radical (unpaired) electrons. The molecule has 0 fully saturated rings. The molecule has 0 aromatic heterocycles. The van der Waals surface area contributed by atoms with Crippen molar-refractivity contribution in [2.24, 2.45) is 0 Å². The molecule has 1 heterocycles. The van der Waals surface area contributed by atoms with Crippen molar-refractivity contribution in [2.45, 2.75) is 25.8 Å². The zero-order chi connectivity index (χ0) is 19.3. The highest BCUT2D eigenvalue weighted by Crippen LogP contribution is 2.23. The maximum atomic E-state index is 12.3. The first-order valence-electron chi connectivity index (χ1n) is 7.83. The lowest BCUT2D eigenvalue weighted by molar-refractivity contribution is -0.155. The van der Waals surface area contributed by atoms with Crippen molar-refractivity contribution < 1.29 is 33.2 Å². The van der Waals surface area contributed by atoms with E-state index in [2.05, 4.69) is 0 Å². The molecule has 0 bridgehead atoms. The monoisotopic (exact) mass is 384 g/mol. The number of amides is 3. The van der Waals surface area contributed by atoms with Gasteiger partial charge in [-0.05, 0) is 25.0 Å². The quantitative estimate of drug-likeness (QED) is 0.264. The van der Waals surface area contributed by atoms with Gasteiger partial charge in [0.1, 0.15) is 6.04 Å². The number of nitrogens with zero attached hydrogens (tertiary/aromatic N) is 2. The SMILES string of the molecule is CCCON([C@H](CCN1C(=O)c2ccccc2C1=O)C(=O)NO)S(=O)[O-]. The lowest BCUT2D eigenvalue weighted by atomic mass is 10.1. The van der Waals surface area contributed by atoms with Gasteiger partial charge < -0.3 is 4.55 Å². The Kier molecular flexibility index (Phi) is 6.94. The molecule has 0 saturated carbocycles. The van der Waals surface area contributed by atoms with Crippen LogP contribution in [0.4, 0.5) is 0 Å². The van der Waals surface area contributed by atoms with E-state index in [1.807, 2.05) is 0 Å². The number of nitrogens with one attached hydrogen (secondary N) is 1. The van der Waals surface area contributed by atoms with Gasteiger partial charge in [-0.1, -0.05) is 19.1 Å². The molecule has 11 heteroatoms. The molecule has 1 aliphatic rings. The maximum absolute atomic E-state index is 12.3. The number of carbonyl (C=O) groups is 3. The highest BCUT2D eigenvalue weighted by atomic mass is 32.2. The van der Waals surface area contributed by atoms with Crippen molar-refractivity contribution >= 4 is 29.0 Å². The molecule has 26 heavy (non-hydrogen) atoms. The van der Waals surface area contributed by atoms with E-state index in [1.54, 1.807) is 19.1 Å². The Bertz CT molecular complexity index is 692. The Morgan fingerprint density at radius 3 is 2.38 bits per heavy atom. The average Bonchev–Trinajstić information content (AvgIpc) is 2.88. The minimum Gasteiger partial charge on any atom is -0.758 e. The molecule has 1 aliphatic heterocycles. The highest BCUT2D eigenvalue weighted by molar-refractivity contribution is 7.76. The smallest absolute Gasteiger partial charge is 0.264 e. The zero-order valence-electron chi connectivity index (χ0n) is 13.9. The Labute approximate surface area is 152 Å². The van der Waals surface area contributed by atoms with Crippen LogP contribution in [-0.2, 0) is 20.9 Å². The third-order valence-electron chi connectivity index (χ3n) is 3.74. The molecule has 0 aliphatic carbocycles. The van der Waals surface area contributed by atoms with Gasteiger partial charge in [0.15, 0.2) is 0 Å². The van der Waals surface area contributed by atoms with Gasteiger partial charge in [0.25, 0.3) is 17.7 Å². The molecule has 1 aromatic rings. The third-order valence-corrected chi connectivity index (χ3v) is 4.39. The summed E-state index contributed by atoms with van der Waals surface area (Å²) < 4.78 is 23.1. The lowest BCUT2D eigenvalue weighted by Gasteiger charge is -2.30. The summed E-state index contributed by atoms with van der Waals surface area (Å²) in [5.41, 5.74) is 1.85. The van der Waals surface area contributed by atoms with Crippen LogP contribution in [0.25, 0.3) is 0 Å². The molecule has 1 aromatic carbocycles. The molecule has 1 unspecified atom stereocenters. The Morgan fingerprint density at radius 1 is 1.35 bits per heavy atom. The van der Waals surface area contributed by atoms with E-state index >= 15 is 0 Å². The number of imide groups is 1. The van der Waals surface area contributed by atoms with Gasteiger partial charge in [-0.3, -0.25) is 33.5 Å². The summed E-state index contributed by atoms with van der Waals surface area (Å²) in [4.78, 5) is 42.5. The molecular weight excluding hydrogens is 366 g/mol. The molecule has 2 N–H and O–H groups in total. The van der Waals surface area contributed by atoms with Crippen molar-refractivity contribution in [3.05, 3.63) is 35.4 Å². The Morgan fingerprint density at radius 2 is 1.92 bits per heavy atom. The fourth-order valence-corrected chi connectivity index (χ4v) is 3.09. The van der Waals surface area contributed by atoms with E-state index in [9.17, 15) is 23.1 Å². The zero-order valence-corrected chi connectivity index (χ0v) is 14.7. The van der Waals surface area contributed by atoms with Crippen LogP contribution in [-0.4, -0.2) is 60.3 Å². The standard InChI is InChI=1S/C15H19N3O7S/c1-2-9-25-18(26(23)24)12(13(19)16-22)7-8-17-14(20)10-5-3-4-6-11(10)15(17)21/h3-6,12,22H,2,7-9H2,1H3,(H,16,19)(H,23,24)/p-1/t12-/m1/s1. The van der Waals surface area contributed by atoms with Gasteiger partial charge in [0.2, 0.25) is 0 Å². The number of carbonyl (C=O) groups excluding carboxylic acids is 3. The second kappa shape index (κ2) is 8.96. The van der Waals surface area contributed by atoms with Crippen LogP contribution in [0.1, 0.15) is 40.5 Å². The van der Waals surface area contributed by atoms with Crippen LogP contribution in [0, 0.1) is 0 Å². The normalized spacial score (nSPS) is 15.9. The number of fused-ring (bicyclic) bond motifs is 1. The maximum Gasteiger partial charge on any atom is 0.264 e. The van der Waals surface area contributed by atoms with Crippen molar-refractivity contribution in [1.82, 2.24) is 14.8 Å². The number of benzene rings is 1. The molecule has 142 valence electrons. The van der Waals surface area contributed by atoms with E-state index in [-0.39, 0.29) is 30.7 Å². The Balaban J connectivity index is 2.15. The van der Waals surface area contributed by atoms with Crippen LogP contribution in [0.3, 0.4) is 0 Å².